The highest BCUT2D eigenvalue weighted by Crippen LogP contribution is 2.28. The zero-order chi connectivity index (χ0) is 12.1. The number of halogens is 6. The molecule has 0 saturated carbocycles. The lowest BCUT2D eigenvalue weighted by molar-refractivity contribution is -0.131. The van der Waals surface area contributed by atoms with Gasteiger partial charge in [-0.3, -0.25) is 0 Å². The van der Waals surface area contributed by atoms with Crippen LogP contribution in [0.25, 0.3) is 0 Å². The van der Waals surface area contributed by atoms with Gasteiger partial charge in [0.2, 0.25) is 0 Å². The van der Waals surface area contributed by atoms with Crippen LogP contribution in [0, 0.1) is 0 Å². The van der Waals surface area contributed by atoms with Crippen molar-refractivity contribution in [2.45, 2.75) is 50.3 Å². The molecule has 0 aromatic carbocycles. The van der Waals surface area contributed by atoms with Gasteiger partial charge in [-0.05, 0) is 0 Å². The van der Waals surface area contributed by atoms with E-state index in [1.54, 1.807) is 6.92 Å². The zero-order valence-corrected chi connectivity index (χ0v) is 9.54. The van der Waals surface area contributed by atoms with Crippen LogP contribution in [-0.2, 0) is 0 Å². The number of rotatable bonds is 5. The van der Waals surface area contributed by atoms with Crippen LogP contribution >= 0.6 is 0 Å². The minimum atomic E-state index is -4.24. The third-order valence-corrected chi connectivity index (χ3v) is 5.61. The van der Waals surface area contributed by atoms with Crippen molar-refractivity contribution in [3.63, 3.8) is 0 Å². The maximum Gasteiger partial charge on any atom is 0.388 e. The molecular formula is C8H14F6Si. The van der Waals surface area contributed by atoms with Gasteiger partial charge in [-0.1, -0.05) is 25.1 Å². The van der Waals surface area contributed by atoms with Crippen molar-refractivity contribution in [3.8, 4) is 0 Å². The average Bonchev–Trinajstić information content (AvgIpc) is 2.00. The van der Waals surface area contributed by atoms with Crippen molar-refractivity contribution < 1.29 is 26.3 Å². The minimum Gasteiger partial charge on any atom is -0.171 e. The molecule has 15 heavy (non-hydrogen) atoms. The van der Waals surface area contributed by atoms with Crippen molar-refractivity contribution in [1.82, 2.24) is 0 Å². The molecule has 0 atom stereocenters. The molecule has 0 rings (SSSR count). The monoisotopic (exact) mass is 252 g/mol. The number of hydrogen-bond acceptors (Lipinski definition) is 0. The Morgan fingerprint density at radius 2 is 1.13 bits per heavy atom. The summed E-state index contributed by atoms with van der Waals surface area (Å²) in [6, 6.07) is 0.346. The Labute approximate surface area is 86.3 Å². The molecule has 0 saturated heterocycles. The molecule has 0 spiro atoms. The summed E-state index contributed by atoms with van der Waals surface area (Å²) in [7, 11) is -1.85. The number of alkyl halides is 6. The van der Waals surface area contributed by atoms with E-state index in [0.29, 0.717) is 6.04 Å². The first-order valence-electron chi connectivity index (χ1n) is 4.77. The van der Waals surface area contributed by atoms with Gasteiger partial charge in [-0.2, -0.15) is 26.3 Å². The van der Waals surface area contributed by atoms with E-state index in [9.17, 15) is 26.3 Å². The molecule has 0 aliphatic carbocycles. The molecule has 0 bridgehead atoms. The van der Waals surface area contributed by atoms with Gasteiger partial charge in [0.05, 0.1) is 0 Å². The minimum absolute atomic E-state index is 0.0733. The second kappa shape index (κ2) is 5.76. The fraction of sp³-hybridized carbons (Fsp3) is 1.00. The van der Waals surface area contributed by atoms with Gasteiger partial charge in [0.1, 0.15) is 0 Å². The Morgan fingerprint density at radius 3 is 1.33 bits per heavy atom. The summed E-state index contributed by atoms with van der Waals surface area (Å²) in [5, 5.41) is 0. The zero-order valence-electron chi connectivity index (χ0n) is 8.38. The standard InChI is InChI=1S/C8H14F6Si/c1-2-15(5-3-7(9,10)11)6-4-8(12,13)14/h15H,2-6H2,1H3. The second-order valence-electron chi connectivity index (χ2n) is 3.58. The topological polar surface area (TPSA) is 0 Å². The molecular weight excluding hydrogens is 238 g/mol. The molecule has 0 nitrogen and oxygen atoms in total. The Balaban J connectivity index is 3.84. The Bertz CT molecular complexity index is 155. The normalized spacial score (nSPS) is 13.6. The third kappa shape index (κ3) is 10.1. The number of hydrogen-bond donors (Lipinski definition) is 0. The molecule has 0 aromatic rings. The molecule has 0 N–H and O–H groups in total. The molecule has 0 amide bonds. The maximum atomic E-state index is 11.8. The molecule has 0 aliphatic rings. The van der Waals surface area contributed by atoms with Crippen molar-refractivity contribution in [3.05, 3.63) is 0 Å². The highest BCUT2D eigenvalue weighted by Gasteiger charge is 2.31. The summed E-state index contributed by atoms with van der Waals surface area (Å²) in [5.74, 6) is 0. The summed E-state index contributed by atoms with van der Waals surface area (Å²) in [6.45, 7) is 1.67. The molecule has 0 fully saturated rings. The van der Waals surface area contributed by atoms with Crippen LogP contribution < -0.4 is 0 Å². The van der Waals surface area contributed by atoms with Crippen LogP contribution in [-0.4, -0.2) is 21.1 Å². The van der Waals surface area contributed by atoms with Crippen LogP contribution in [0.15, 0.2) is 0 Å². The van der Waals surface area contributed by atoms with E-state index in [4.69, 9.17) is 0 Å². The molecule has 0 unspecified atom stereocenters. The molecule has 7 heteroatoms. The summed E-state index contributed by atoms with van der Waals surface area (Å²) in [4.78, 5) is 0. The lowest BCUT2D eigenvalue weighted by atomic mass is 10.5. The Morgan fingerprint density at radius 1 is 0.800 bits per heavy atom. The van der Waals surface area contributed by atoms with E-state index < -0.39 is 34.0 Å². The van der Waals surface area contributed by atoms with E-state index in [0.717, 1.165) is 0 Å². The smallest absolute Gasteiger partial charge is 0.171 e. The predicted octanol–water partition coefficient (Wildman–Crippen LogP) is 4.14. The van der Waals surface area contributed by atoms with Crippen LogP contribution in [0.2, 0.25) is 18.1 Å². The third-order valence-electron chi connectivity index (χ3n) is 2.25. The van der Waals surface area contributed by atoms with Gasteiger partial charge in [-0.15, -0.1) is 0 Å². The van der Waals surface area contributed by atoms with Gasteiger partial charge < -0.3 is 0 Å². The van der Waals surface area contributed by atoms with E-state index in [1.165, 1.54) is 0 Å². The summed E-state index contributed by atoms with van der Waals surface area (Å²) >= 11 is 0. The van der Waals surface area contributed by atoms with Gasteiger partial charge >= 0.3 is 12.4 Å². The van der Waals surface area contributed by atoms with E-state index in [2.05, 4.69) is 0 Å². The van der Waals surface area contributed by atoms with Crippen molar-refractivity contribution in [2.24, 2.45) is 0 Å². The van der Waals surface area contributed by atoms with E-state index in [1.807, 2.05) is 0 Å². The SMILES string of the molecule is CC[SiH](CCC(F)(F)F)CCC(F)(F)F. The lowest BCUT2D eigenvalue weighted by Gasteiger charge is -2.15. The highest BCUT2D eigenvalue weighted by atomic mass is 28.3. The van der Waals surface area contributed by atoms with Crippen LogP contribution in [0.4, 0.5) is 26.3 Å². The predicted molar refractivity (Wildman–Crippen MR) is 48.6 cm³/mol. The van der Waals surface area contributed by atoms with Gasteiger partial charge in [0.15, 0.2) is 0 Å². The van der Waals surface area contributed by atoms with Crippen molar-refractivity contribution >= 4 is 8.80 Å². The summed E-state index contributed by atoms with van der Waals surface area (Å²) in [5.41, 5.74) is 0. The second-order valence-corrected chi connectivity index (χ2v) is 7.29. The van der Waals surface area contributed by atoms with Crippen molar-refractivity contribution in [1.29, 1.82) is 0 Å². The molecule has 0 aliphatic heterocycles. The summed E-state index contributed by atoms with van der Waals surface area (Å²) in [6.07, 6.45) is -10.3. The fourth-order valence-electron chi connectivity index (χ4n) is 1.29. The first-order chi connectivity index (χ1) is 6.64. The van der Waals surface area contributed by atoms with Crippen molar-refractivity contribution in [2.75, 3.05) is 0 Å². The molecule has 0 radical (unpaired) electrons. The van der Waals surface area contributed by atoms with E-state index >= 15 is 0 Å². The fourth-order valence-corrected chi connectivity index (χ4v) is 3.86. The van der Waals surface area contributed by atoms with Crippen LogP contribution in [0.3, 0.4) is 0 Å². The Hall–Kier alpha value is -0.203. The van der Waals surface area contributed by atoms with Crippen LogP contribution in [0.5, 0.6) is 0 Å². The molecule has 0 heterocycles. The van der Waals surface area contributed by atoms with Gasteiger partial charge in [0, 0.05) is 21.6 Å². The molecule has 92 valence electrons. The first-order valence-corrected chi connectivity index (χ1v) is 7.22. The Kier molecular flexibility index (Phi) is 5.69. The van der Waals surface area contributed by atoms with Crippen LogP contribution in [0.1, 0.15) is 19.8 Å². The highest BCUT2D eigenvalue weighted by molar-refractivity contribution is 6.58. The lowest BCUT2D eigenvalue weighted by Crippen LogP contribution is -2.19. The van der Waals surface area contributed by atoms with Gasteiger partial charge in [-0.25, -0.2) is 0 Å². The summed E-state index contributed by atoms with van der Waals surface area (Å²) < 4.78 is 71.0. The molecule has 0 aromatic heterocycles. The van der Waals surface area contributed by atoms with E-state index in [-0.39, 0.29) is 12.1 Å². The first kappa shape index (κ1) is 14.8. The van der Waals surface area contributed by atoms with Gasteiger partial charge in [0.25, 0.3) is 0 Å². The maximum absolute atomic E-state index is 11.8. The quantitative estimate of drug-likeness (QED) is 0.509. The largest absolute Gasteiger partial charge is 0.388 e. The average molecular weight is 252 g/mol.